The van der Waals surface area contributed by atoms with Crippen LogP contribution in [0, 0.1) is 0 Å². The molecule has 0 aliphatic heterocycles. The Morgan fingerprint density at radius 3 is 1.70 bits per heavy atom. The van der Waals surface area contributed by atoms with Gasteiger partial charge in [0, 0.05) is 6.42 Å². The van der Waals surface area contributed by atoms with Crippen molar-refractivity contribution in [2.24, 2.45) is 0 Å². The molecule has 20 heavy (non-hydrogen) atoms. The van der Waals surface area contributed by atoms with Gasteiger partial charge in [0.15, 0.2) is 0 Å². The first-order valence-corrected chi connectivity index (χ1v) is 9.05. The number of Topliss-reactive ketones (excluding diaryl/α,β-unsaturated/α-hetero) is 1. The van der Waals surface area contributed by atoms with Gasteiger partial charge in [-0.2, -0.15) is 0 Å². The van der Waals surface area contributed by atoms with E-state index in [9.17, 15) is 4.79 Å². The van der Waals surface area contributed by atoms with Crippen LogP contribution in [0.3, 0.4) is 0 Å². The Balaban J connectivity index is 3.27. The molecule has 0 spiro atoms. The van der Waals surface area contributed by atoms with Crippen LogP contribution in [0.15, 0.2) is 24.3 Å². The molecule has 1 aromatic carbocycles. The molecule has 0 radical (unpaired) electrons. The number of carbonyl (C=O) groups is 1. The minimum Gasteiger partial charge on any atom is -0.307 e. The van der Waals surface area contributed by atoms with E-state index in [-0.39, 0.29) is 15.9 Å². The van der Waals surface area contributed by atoms with Crippen LogP contribution in [0.4, 0.5) is 4.11 Å². The third-order valence-corrected chi connectivity index (χ3v) is 9.13. The van der Waals surface area contributed by atoms with Gasteiger partial charge in [-0.1, -0.05) is 65.8 Å². The van der Waals surface area contributed by atoms with E-state index in [0.29, 0.717) is 6.42 Å². The quantitative estimate of drug-likeness (QED) is 0.590. The van der Waals surface area contributed by atoms with Gasteiger partial charge in [-0.15, -0.1) is 0 Å². The van der Waals surface area contributed by atoms with Crippen molar-refractivity contribution in [2.45, 2.75) is 65.0 Å². The lowest BCUT2D eigenvalue weighted by atomic mass is 10.1. The molecule has 0 N–H and O–H groups in total. The fourth-order valence-corrected chi connectivity index (χ4v) is 7.74. The predicted octanol–water partition coefficient (Wildman–Crippen LogP) is 4.54. The zero-order valence-corrected chi connectivity index (χ0v) is 14.8. The first-order chi connectivity index (χ1) is 8.89. The molecular formula is C17H27FOSi. The Kier molecular flexibility index (Phi) is 4.64. The molecule has 0 amide bonds. The highest BCUT2D eigenvalue weighted by molar-refractivity contribution is 6.90. The summed E-state index contributed by atoms with van der Waals surface area (Å²) in [6, 6.07) is 7.58. The normalized spacial score (nSPS) is 13.4. The van der Waals surface area contributed by atoms with E-state index in [1.54, 1.807) is 6.92 Å². The van der Waals surface area contributed by atoms with E-state index in [1.807, 2.05) is 65.8 Å². The summed E-state index contributed by atoms with van der Waals surface area (Å²) in [5.74, 6) is 0.133. The van der Waals surface area contributed by atoms with Crippen LogP contribution in [-0.2, 0) is 11.2 Å². The van der Waals surface area contributed by atoms with Crippen LogP contribution in [0.2, 0.25) is 10.1 Å². The van der Waals surface area contributed by atoms with E-state index in [0.717, 1.165) is 10.8 Å². The largest absolute Gasteiger partial charge is 0.307 e. The van der Waals surface area contributed by atoms with E-state index < -0.39 is 8.41 Å². The maximum atomic E-state index is 16.0. The van der Waals surface area contributed by atoms with Crippen LogP contribution in [0.25, 0.3) is 0 Å². The number of carbonyl (C=O) groups excluding carboxylic acids is 1. The molecule has 0 saturated heterocycles. The standard InChI is InChI=1S/C17H27FOSi/c1-13(19)12-14-8-10-15(11-9-14)20(18,16(2,3)4)17(5,6)7/h8-11H,12H2,1-7H3/i18-1. The van der Waals surface area contributed by atoms with Crippen LogP contribution in [0.1, 0.15) is 54.0 Å². The Morgan fingerprint density at radius 1 is 1.00 bits per heavy atom. The topological polar surface area (TPSA) is 17.1 Å². The number of halogens is 1. The molecule has 112 valence electrons. The summed E-state index contributed by atoms with van der Waals surface area (Å²) in [6.45, 7) is 13.5. The van der Waals surface area contributed by atoms with Gasteiger partial charge in [-0.25, -0.2) is 0 Å². The first-order valence-electron chi connectivity index (χ1n) is 7.17. The first kappa shape index (κ1) is 17.1. The van der Waals surface area contributed by atoms with E-state index in [2.05, 4.69) is 0 Å². The van der Waals surface area contributed by atoms with Gasteiger partial charge in [0.25, 0.3) is 8.41 Å². The van der Waals surface area contributed by atoms with Crippen LogP contribution in [0.5, 0.6) is 0 Å². The van der Waals surface area contributed by atoms with Crippen molar-refractivity contribution in [1.29, 1.82) is 0 Å². The second-order valence-corrected chi connectivity index (χ2v) is 12.6. The molecular weight excluding hydrogens is 266 g/mol. The monoisotopic (exact) mass is 293 g/mol. The fourth-order valence-electron chi connectivity index (χ4n) is 3.13. The molecule has 3 heteroatoms. The van der Waals surface area contributed by atoms with Crippen molar-refractivity contribution < 1.29 is 8.90 Å². The lowest BCUT2D eigenvalue weighted by Gasteiger charge is -2.44. The maximum absolute atomic E-state index is 16.0. The van der Waals surface area contributed by atoms with Gasteiger partial charge in [0.1, 0.15) is 5.78 Å². The third-order valence-electron chi connectivity index (χ3n) is 3.87. The summed E-state index contributed by atoms with van der Waals surface area (Å²) in [6.07, 6.45) is 0.423. The molecule has 0 heterocycles. The fraction of sp³-hybridized carbons (Fsp3) is 0.588. The highest BCUT2D eigenvalue weighted by Crippen LogP contribution is 2.51. The van der Waals surface area contributed by atoms with Crippen molar-refractivity contribution in [1.82, 2.24) is 0 Å². The van der Waals surface area contributed by atoms with Crippen LogP contribution >= 0.6 is 0 Å². The SMILES string of the molecule is CC(=O)Cc1ccc([Si]([18F])(C(C)(C)C)C(C)(C)C)cc1. The van der Waals surface area contributed by atoms with E-state index >= 15 is 4.11 Å². The minimum atomic E-state index is -3.18. The smallest absolute Gasteiger partial charge is 0.288 e. The van der Waals surface area contributed by atoms with Gasteiger partial charge in [0.2, 0.25) is 0 Å². The summed E-state index contributed by atoms with van der Waals surface area (Å²) in [4.78, 5) is 11.1. The second-order valence-electron chi connectivity index (χ2n) is 7.73. The van der Waals surface area contributed by atoms with Crippen molar-refractivity contribution >= 4 is 19.4 Å². The lowest BCUT2D eigenvalue weighted by molar-refractivity contribution is -0.116. The van der Waals surface area contributed by atoms with E-state index in [4.69, 9.17) is 0 Å². The Labute approximate surface area is 123 Å². The highest BCUT2D eigenvalue weighted by atomic mass is 28.4. The van der Waals surface area contributed by atoms with Crippen molar-refractivity contribution in [3.05, 3.63) is 29.8 Å². The summed E-state index contributed by atoms with van der Waals surface area (Å²) >= 11 is 0. The Morgan fingerprint density at radius 2 is 1.40 bits per heavy atom. The molecule has 1 nitrogen and oxygen atoms in total. The Bertz CT molecular complexity index is 463. The van der Waals surface area contributed by atoms with Crippen LogP contribution in [-0.4, -0.2) is 14.2 Å². The predicted molar refractivity (Wildman–Crippen MR) is 86.8 cm³/mol. The van der Waals surface area contributed by atoms with E-state index in [1.165, 1.54) is 0 Å². The molecule has 0 aliphatic rings. The molecule has 0 atom stereocenters. The van der Waals surface area contributed by atoms with Gasteiger partial charge >= 0.3 is 0 Å². The average Bonchev–Trinajstić information content (AvgIpc) is 2.25. The summed E-state index contributed by atoms with van der Waals surface area (Å²) in [5.41, 5.74) is 0.959. The van der Waals surface area contributed by atoms with Crippen molar-refractivity contribution in [3.8, 4) is 0 Å². The summed E-state index contributed by atoms with van der Waals surface area (Å²) in [7, 11) is -3.18. The van der Waals surface area contributed by atoms with Gasteiger partial charge in [-0.3, -0.25) is 4.79 Å². The van der Waals surface area contributed by atoms with Crippen LogP contribution < -0.4 is 5.19 Å². The molecule has 0 bridgehead atoms. The van der Waals surface area contributed by atoms with Gasteiger partial charge in [0.05, 0.1) is 0 Å². The Hall–Kier alpha value is -0.963. The number of rotatable bonds is 3. The molecule has 0 aromatic heterocycles. The number of ketones is 1. The summed E-state index contributed by atoms with van der Waals surface area (Å²) < 4.78 is 16.0. The zero-order chi connectivity index (χ0) is 15.8. The highest BCUT2D eigenvalue weighted by Gasteiger charge is 2.56. The average molecular weight is 293 g/mol. The minimum absolute atomic E-state index is 0.133. The third kappa shape index (κ3) is 3.19. The van der Waals surface area contributed by atoms with Gasteiger partial charge < -0.3 is 4.11 Å². The molecule has 1 rings (SSSR count). The lowest BCUT2D eigenvalue weighted by Crippen LogP contribution is -2.57. The number of hydrogen-bond donors (Lipinski definition) is 0. The van der Waals surface area contributed by atoms with Crippen molar-refractivity contribution in [3.63, 3.8) is 0 Å². The zero-order valence-electron chi connectivity index (χ0n) is 13.8. The second kappa shape index (κ2) is 5.43. The van der Waals surface area contributed by atoms with Gasteiger partial charge in [-0.05, 0) is 27.8 Å². The molecule has 0 saturated carbocycles. The summed E-state index contributed by atoms with van der Waals surface area (Å²) in [5, 5.41) is 0.0885. The molecule has 1 aromatic rings. The maximum Gasteiger partial charge on any atom is 0.288 e. The van der Waals surface area contributed by atoms with Crippen molar-refractivity contribution in [2.75, 3.05) is 0 Å². The molecule has 0 aliphatic carbocycles. The molecule has 0 unspecified atom stereocenters. The number of benzene rings is 1. The molecule has 0 fully saturated rings. The number of hydrogen-bond acceptors (Lipinski definition) is 1.